The lowest BCUT2D eigenvalue weighted by molar-refractivity contribution is -0.115. The molecule has 0 spiro atoms. The Bertz CT molecular complexity index is 703. The lowest BCUT2D eigenvalue weighted by Gasteiger charge is -2.23. The smallest absolute Gasteiger partial charge is 0.268 e. The van der Waals surface area contributed by atoms with Crippen LogP contribution in [0.1, 0.15) is 13.3 Å². The van der Waals surface area contributed by atoms with Crippen molar-refractivity contribution < 1.29 is 9.59 Å². The summed E-state index contributed by atoms with van der Waals surface area (Å²) >= 11 is 0. The fourth-order valence-electron chi connectivity index (χ4n) is 2.79. The third-order valence-corrected chi connectivity index (χ3v) is 3.95. The third-order valence-electron chi connectivity index (χ3n) is 3.95. The molecule has 0 aromatic heterocycles. The van der Waals surface area contributed by atoms with Gasteiger partial charge in [0, 0.05) is 17.9 Å². The standard InChI is InChI=1S/C19H21N3O2/c1-2-13-21-18(19(21)24)22(16-11-7-4-8-12-16)14-17(23)20-15-9-5-3-6-10-15/h3-12,18H,2,13-14H2,1H3,(H,20,23). The van der Waals surface area contributed by atoms with E-state index in [1.807, 2.05) is 72.5 Å². The lowest BCUT2D eigenvalue weighted by atomic mass is 10.2. The molecule has 0 bridgehead atoms. The molecule has 0 saturated carbocycles. The molecule has 5 nitrogen and oxygen atoms in total. The van der Waals surface area contributed by atoms with Gasteiger partial charge < -0.3 is 15.1 Å². The molecule has 0 aliphatic carbocycles. The second-order valence-corrected chi connectivity index (χ2v) is 5.78. The minimum absolute atomic E-state index is 0.0771. The summed E-state index contributed by atoms with van der Waals surface area (Å²) in [6, 6.07) is 18.9. The fraction of sp³-hybridized carbons (Fsp3) is 0.263. The van der Waals surface area contributed by atoms with Crippen LogP contribution in [-0.2, 0) is 9.59 Å². The van der Waals surface area contributed by atoms with E-state index in [0.717, 1.165) is 17.8 Å². The summed E-state index contributed by atoms with van der Waals surface area (Å²) < 4.78 is 0. The highest BCUT2D eigenvalue weighted by molar-refractivity contribution is 6.02. The second-order valence-electron chi connectivity index (χ2n) is 5.78. The van der Waals surface area contributed by atoms with Gasteiger partial charge in [-0.05, 0) is 30.7 Å². The fourth-order valence-corrected chi connectivity index (χ4v) is 2.79. The van der Waals surface area contributed by atoms with Gasteiger partial charge in [-0.3, -0.25) is 9.59 Å². The summed E-state index contributed by atoms with van der Waals surface area (Å²) in [7, 11) is 0. The summed E-state index contributed by atoms with van der Waals surface area (Å²) in [5, 5.41) is 2.88. The Morgan fingerprint density at radius 3 is 2.33 bits per heavy atom. The van der Waals surface area contributed by atoms with E-state index >= 15 is 0 Å². The summed E-state index contributed by atoms with van der Waals surface area (Å²) in [4.78, 5) is 28.2. The van der Waals surface area contributed by atoms with E-state index < -0.39 is 0 Å². The van der Waals surface area contributed by atoms with Gasteiger partial charge in [-0.2, -0.15) is 0 Å². The Labute approximate surface area is 141 Å². The molecule has 0 radical (unpaired) electrons. The van der Waals surface area contributed by atoms with Gasteiger partial charge >= 0.3 is 0 Å². The van der Waals surface area contributed by atoms with Crippen molar-refractivity contribution in [1.82, 2.24) is 4.90 Å². The van der Waals surface area contributed by atoms with Crippen molar-refractivity contribution in [3.63, 3.8) is 0 Å². The van der Waals surface area contributed by atoms with Crippen LogP contribution >= 0.6 is 0 Å². The first-order valence-corrected chi connectivity index (χ1v) is 8.18. The van der Waals surface area contributed by atoms with Crippen molar-refractivity contribution in [2.24, 2.45) is 0 Å². The molecule has 1 atom stereocenters. The molecule has 2 aromatic rings. The van der Waals surface area contributed by atoms with Crippen molar-refractivity contribution in [2.75, 3.05) is 23.3 Å². The minimum atomic E-state index is -0.339. The molecule has 5 heteroatoms. The number of hydrogen-bond acceptors (Lipinski definition) is 3. The molecule has 24 heavy (non-hydrogen) atoms. The number of nitrogens with one attached hydrogen (secondary N) is 1. The highest BCUT2D eigenvalue weighted by Crippen LogP contribution is 2.29. The van der Waals surface area contributed by atoms with Crippen LogP contribution in [0.4, 0.5) is 11.4 Å². The minimum Gasteiger partial charge on any atom is -0.334 e. The number of nitrogens with zero attached hydrogens (tertiary/aromatic N) is 2. The van der Waals surface area contributed by atoms with Crippen LogP contribution in [0.15, 0.2) is 60.7 Å². The molecule has 1 unspecified atom stereocenters. The molecule has 1 heterocycles. The zero-order chi connectivity index (χ0) is 16.9. The second kappa shape index (κ2) is 7.17. The molecule has 124 valence electrons. The first-order valence-electron chi connectivity index (χ1n) is 8.18. The van der Waals surface area contributed by atoms with Crippen LogP contribution in [0.5, 0.6) is 0 Å². The molecular weight excluding hydrogens is 302 g/mol. The number of benzene rings is 2. The Morgan fingerprint density at radius 1 is 1.08 bits per heavy atom. The Balaban J connectivity index is 1.73. The van der Waals surface area contributed by atoms with E-state index in [0.29, 0.717) is 6.54 Å². The summed E-state index contributed by atoms with van der Waals surface area (Å²) in [5.41, 5.74) is 1.63. The topological polar surface area (TPSA) is 52.4 Å². The van der Waals surface area contributed by atoms with E-state index in [9.17, 15) is 9.59 Å². The van der Waals surface area contributed by atoms with Crippen LogP contribution in [0, 0.1) is 0 Å². The van der Waals surface area contributed by atoms with E-state index in [1.54, 1.807) is 4.90 Å². The van der Waals surface area contributed by atoms with Crippen LogP contribution in [0.25, 0.3) is 0 Å². The van der Waals surface area contributed by atoms with Crippen molar-refractivity contribution in [3.8, 4) is 0 Å². The first-order chi connectivity index (χ1) is 11.7. The van der Waals surface area contributed by atoms with Crippen molar-refractivity contribution in [3.05, 3.63) is 60.7 Å². The van der Waals surface area contributed by atoms with Gasteiger partial charge in [0.1, 0.15) is 0 Å². The molecular formula is C19H21N3O2. The SMILES string of the molecule is CCCN1C(=O)C1N(CC(=O)Nc1ccccc1)c1ccccc1. The van der Waals surface area contributed by atoms with E-state index in [-0.39, 0.29) is 24.5 Å². The number of hydrogen-bond donors (Lipinski definition) is 1. The number of amides is 2. The van der Waals surface area contributed by atoms with Crippen LogP contribution in [-0.4, -0.2) is 36.0 Å². The van der Waals surface area contributed by atoms with Gasteiger partial charge in [0.25, 0.3) is 5.91 Å². The predicted molar refractivity (Wildman–Crippen MR) is 94.7 cm³/mol. The van der Waals surface area contributed by atoms with Gasteiger partial charge in [-0.25, -0.2) is 0 Å². The average Bonchev–Trinajstić information content (AvgIpc) is 3.24. The summed E-state index contributed by atoms with van der Waals surface area (Å²) in [6.45, 7) is 2.89. The van der Waals surface area contributed by atoms with Gasteiger partial charge in [0.2, 0.25) is 5.91 Å². The number of anilines is 2. The molecule has 1 aliphatic rings. The molecule has 2 aromatic carbocycles. The zero-order valence-electron chi connectivity index (χ0n) is 13.7. The molecule has 1 saturated heterocycles. The molecule has 2 amide bonds. The van der Waals surface area contributed by atoms with E-state index in [2.05, 4.69) is 5.32 Å². The highest BCUT2D eigenvalue weighted by Gasteiger charge is 2.49. The number of carbonyl (C=O) groups is 2. The van der Waals surface area contributed by atoms with Crippen molar-refractivity contribution in [2.45, 2.75) is 19.5 Å². The average molecular weight is 323 g/mol. The summed E-state index contributed by atoms with van der Waals surface area (Å²) in [5.74, 6) is -0.0607. The summed E-state index contributed by atoms with van der Waals surface area (Å²) in [6.07, 6.45) is 0.565. The Kier molecular flexibility index (Phi) is 4.79. The van der Waals surface area contributed by atoms with Crippen LogP contribution < -0.4 is 10.2 Å². The molecule has 1 N–H and O–H groups in total. The monoisotopic (exact) mass is 323 g/mol. The van der Waals surface area contributed by atoms with Crippen molar-refractivity contribution >= 4 is 23.2 Å². The zero-order valence-corrected chi connectivity index (χ0v) is 13.7. The number of carbonyl (C=O) groups excluding carboxylic acids is 2. The third kappa shape index (κ3) is 3.56. The van der Waals surface area contributed by atoms with E-state index in [4.69, 9.17) is 0 Å². The maximum absolute atomic E-state index is 12.4. The van der Waals surface area contributed by atoms with Crippen molar-refractivity contribution in [1.29, 1.82) is 0 Å². The maximum Gasteiger partial charge on any atom is 0.268 e. The largest absolute Gasteiger partial charge is 0.334 e. The molecule has 1 aliphatic heterocycles. The van der Waals surface area contributed by atoms with Crippen LogP contribution in [0.3, 0.4) is 0 Å². The van der Waals surface area contributed by atoms with Gasteiger partial charge in [-0.15, -0.1) is 0 Å². The number of rotatable bonds is 7. The van der Waals surface area contributed by atoms with Gasteiger partial charge in [0.15, 0.2) is 6.17 Å². The van der Waals surface area contributed by atoms with Gasteiger partial charge in [-0.1, -0.05) is 43.3 Å². The number of para-hydroxylation sites is 2. The normalized spacial score (nSPS) is 16.0. The molecule has 1 fully saturated rings. The quantitative estimate of drug-likeness (QED) is 0.797. The van der Waals surface area contributed by atoms with Gasteiger partial charge in [0.05, 0.1) is 6.54 Å². The highest BCUT2D eigenvalue weighted by atomic mass is 16.2. The predicted octanol–water partition coefficient (Wildman–Crippen LogP) is 2.71. The lowest BCUT2D eigenvalue weighted by Crippen LogP contribution is -2.37. The van der Waals surface area contributed by atoms with E-state index in [1.165, 1.54) is 0 Å². The Hall–Kier alpha value is -2.82. The molecule has 3 rings (SSSR count). The first kappa shape index (κ1) is 16.1. The van der Waals surface area contributed by atoms with Crippen LogP contribution in [0.2, 0.25) is 0 Å². The Morgan fingerprint density at radius 2 is 1.71 bits per heavy atom. The maximum atomic E-state index is 12.4.